The number of hydrogen-bond acceptors (Lipinski definition) is 3. The van der Waals surface area contributed by atoms with E-state index in [1.807, 2.05) is 36.4 Å². The second kappa shape index (κ2) is 6.11. The predicted octanol–water partition coefficient (Wildman–Crippen LogP) is 4.05. The fourth-order valence-corrected chi connectivity index (χ4v) is 2.72. The van der Waals surface area contributed by atoms with Crippen LogP contribution in [0.4, 0.5) is 0 Å². The van der Waals surface area contributed by atoms with E-state index in [-0.39, 0.29) is 11.3 Å². The average molecular weight is 367 g/mol. The van der Waals surface area contributed by atoms with E-state index >= 15 is 0 Å². The molecule has 2 aromatic carbocycles. The van der Waals surface area contributed by atoms with Crippen LogP contribution in [-0.4, -0.2) is 10.1 Å². The first-order chi connectivity index (χ1) is 11.1. The number of pyridine rings is 1. The van der Waals surface area contributed by atoms with Crippen molar-refractivity contribution in [3.05, 3.63) is 75.0 Å². The van der Waals surface area contributed by atoms with Crippen LogP contribution >= 0.6 is 15.9 Å². The molecule has 3 rings (SSSR count). The van der Waals surface area contributed by atoms with Crippen LogP contribution in [0.3, 0.4) is 0 Å². The molecule has 0 aliphatic rings. The summed E-state index contributed by atoms with van der Waals surface area (Å²) in [6, 6.07) is 18.0. The van der Waals surface area contributed by atoms with Crippen molar-refractivity contribution in [2.24, 2.45) is 0 Å². The summed E-state index contributed by atoms with van der Waals surface area (Å²) in [4.78, 5) is 15.0. The number of phenolic OH excluding ortho intramolecular Hbond substituents is 1. The highest BCUT2D eigenvalue weighted by Crippen LogP contribution is 2.31. The molecule has 0 spiro atoms. The lowest BCUT2D eigenvalue weighted by molar-refractivity contribution is 0.472. The van der Waals surface area contributed by atoms with Crippen LogP contribution < -0.4 is 5.56 Å². The van der Waals surface area contributed by atoms with E-state index in [1.54, 1.807) is 18.2 Å². The quantitative estimate of drug-likeness (QED) is 0.718. The molecule has 0 aliphatic carbocycles. The molecule has 1 heterocycles. The molecular formula is C18H11BrN2O2. The second-order valence-corrected chi connectivity index (χ2v) is 5.80. The van der Waals surface area contributed by atoms with Gasteiger partial charge in [0.1, 0.15) is 17.4 Å². The van der Waals surface area contributed by atoms with Gasteiger partial charge in [-0.25, -0.2) is 0 Å². The van der Waals surface area contributed by atoms with Crippen molar-refractivity contribution in [2.75, 3.05) is 0 Å². The van der Waals surface area contributed by atoms with Crippen molar-refractivity contribution in [1.29, 1.82) is 5.26 Å². The van der Waals surface area contributed by atoms with Gasteiger partial charge in [-0.15, -0.1) is 0 Å². The maximum Gasteiger partial charge on any atom is 0.266 e. The number of hydrogen-bond donors (Lipinski definition) is 2. The van der Waals surface area contributed by atoms with Crippen LogP contribution in [0.1, 0.15) is 5.56 Å². The molecule has 4 nitrogen and oxygen atoms in total. The van der Waals surface area contributed by atoms with Gasteiger partial charge in [0.25, 0.3) is 5.56 Å². The number of nitrogens with one attached hydrogen (secondary N) is 1. The Morgan fingerprint density at radius 2 is 1.78 bits per heavy atom. The largest absolute Gasteiger partial charge is 0.507 e. The summed E-state index contributed by atoms with van der Waals surface area (Å²) in [5.41, 5.74) is 2.33. The van der Waals surface area contributed by atoms with Gasteiger partial charge in [0, 0.05) is 11.3 Å². The minimum Gasteiger partial charge on any atom is -0.507 e. The van der Waals surface area contributed by atoms with Crippen molar-refractivity contribution in [3.8, 4) is 34.2 Å². The highest BCUT2D eigenvalue weighted by Gasteiger charge is 2.12. The fraction of sp³-hybridized carbons (Fsp3) is 0. The van der Waals surface area contributed by atoms with Gasteiger partial charge in [0.05, 0.1) is 4.47 Å². The van der Waals surface area contributed by atoms with E-state index in [2.05, 4.69) is 20.9 Å². The zero-order valence-electron chi connectivity index (χ0n) is 11.9. The van der Waals surface area contributed by atoms with Crippen LogP contribution in [0, 0.1) is 11.3 Å². The molecule has 0 bridgehead atoms. The molecule has 0 saturated carbocycles. The number of aromatic hydroxyl groups is 1. The second-order valence-electron chi connectivity index (χ2n) is 4.94. The minimum atomic E-state index is -0.437. The number of H-pyrrole nitrogens is 1. The highest BCUT2D eigenvalue weighted by atomic mass is 79.9. The predicted molar refractivity (Wildman–Crippen MR) is 92.0 cm³/mol. The van der Waals surface area contributed by atoms with Crippen LogP contribution in [0.15, 0.2) is 63.9 Å². The molecular weight excluding hydrogens is 356 g/mol. The highest BCUT2D eigenvalue weighted by molar-refractivity contribution is 9.10. The lowest BCUT2D eigenvalue weighted by Gasteiger charge is -2.09. The number of rotatable bonds is 2. The summed E-state index contributed by atoms with van der Waals surface area (Å²) in [5.74, 6) is 0.119. The summed E-state index contributed by atoms with van der Waals surface area (Å²) in [6.07, 6.45) is 0. The molecule has 2 N–H and O–H groups in total. The SMILES string of the molecule is N#Cc1c(-c2ccccc2)cc(-c2ccc(O)c(Br)c2)[nH]c1=O. The number of nitrogens with zero attached hydrogens (tertiary/aromatic N) is 1. The first-order valence-electron chi connectivity index (χ1n) is 6.82. The third-order valence-electron chi connectivity index (χ3n) is 3.49. The molecule has 23 heavy (non-hydrogen) atoms. The third kappa shape index (κ3) is 2.89. The molecule has 112 valence electrons. The molecule has 0 radical (unpaired) electrons. The first-order valence-corrected chi connectivity index (χ1v) is 7.61. The standard InChI is InChI=1S/C18H11BrN2O2/c19-15-8-12(6-7-17(15)22)16-9-13(11-4-2-1-3-5-11)14(10-20)18(23)21-16/h1-9,22H,(H,21,23). The number of nitriles is 1. The molecule has 0 atom stereocenters. The molecule has 0 saturated heterocycles. The Hall–Kier alpha value is -2.84. The van der Waals surface area contributed by atoms with E-state index in [1.165, 1.54) is 6.07 Å². The van der Waals surface area contributed by atoms with Gasteiger partial charge >= 0.3 is 0 Å². The van der Waals surface area contributed by atoms with Crippen LogP contribution in [0.2, 0.25) is 0 Å². The van der Waals surface area contributed by atoms with Crippen LogP contribution in [-0.2, 0) is 0 Å². The summed E-state index contributed by atoms with van der Waals surface area (Å²) in [5, 5.41) is 18.9. The van der Waals surface area contributed by atoms with E-state index in [0.717, 1.165) is 11.1 Å². The third-order valence-corrected chi connectivity index (χ3v) is 4.12. The number of aromatic nitrogens is 1. The van der Waals surface area contributed by atoms with Crippen molar-refractivity contribution >= 4 is 15.9 Å². The number of aromatic amines is 1. The minimum absolute atomic E-state index is 0.0813. The van der Waals surface area contributed by atoms with Gasteiger partial charge in [-0.3, -0.25) is 4.79 Å². The maximum absolute atomic E-state index is 12.3. The molecule has 0 amide bonds. The topological polar surface area (TPSA) is 76.9 Å². The zero-order chi connectivity index (χ0) is 16.4. The molecule has 5 heteroatoms. The first kappa shape index (κ1) is 15.1. The van der Waals surface area contributed by atoms with Crippen molar-refractivity contribution in [1.82, 2.24) is 4.98 Å². The van der Waals surface area contributed by atoms with E-state index in [0.29, 0.717) is 15.7 Å². The van der Waals surface area contributed by atoms with Crippen molar-refractivity contribution in [3.63, 3.8) is 0 Å². The van der Waals surface area contributed by atoms with Crippen LogP contribution in [0.25, 0.3) is 22.4 Å². The molecule has 0 unspecified atom stereocenters. The number of benzene rings is 2. The van der Waals surface area contributed by atoms with E-state index in [9.17, 15) is 15.2 Å². The van der Waals surface area contributed by atoms with E-state index < -0.39 is 5.56 Å². The molecule has 0 aliphatic heterocycles. The average Bonchev–Trinajstić information content (AvgIpc) is 2.57. The van der Waals surface area contributed by atoms with E-state index in [4.69, 9.17) is 0 Å². The smallest absolute Gasteiger partial charge is 0.266 e. The Bertz CT molecular complexity index is 973. The van der Waals surface area contributed by atoms with Gasteiger partial charge in [-0.05, 0) is 51.3 Å². The summed E-state index contributed by atoms with van der Waals surface area (Å²) < 4.78 is 0.529. The van der Waals surface area contributed by atoms with Crippen molar-refractivity contribution in [2.45, 2.75) is 0 Å². The maximum atomic E-state index is 12.3. The molecule has 0 fully saturated rings. The Balaban J connectivity index is 2.25. The van der Waals surface area contributed by atoms with Crippen molar-refractivity contribution < 1.29 is 5.11 Å². The Kier molecular flexibility index (Phi) is 4.00. The number of halogens is 1. The Morgan fingerprint density at radius 1 is 1.04 bits per heavy atom. The van der Waals surface area contributed by atoms with Gasteiger partial charge in [-0.2, -0.15) is 5.26 Å². The molecule has 1 aromatic heterocycles. The summed E-state index contributed by atoms with van der Waals surface area (Å²) in [6.45, 7) is 0. The lowest BCUT2D eigenvalue weighted by atomic mass is 9.99. The fourth-order valence-electron chi connectivity index (χ4n) is 2.35. The monoisotopic (exact) mass is 366 g/mol. The Morgan fingerprint density at radius 3 is 2.43 bits per heavy atom. The normalized spacial score (nSPS) is 10.3. The van der Waals surface area contributed by atoms with Gasteiger partial charge in [0.2, 0.25) is 0 Å². The van der Waals surface area contributed by atoms with Gasteiger partial charge < -0.3 is 10.1 Å². The van der Waals surface area contributed by atoms with Crippen LogP contribution in [0.5, 0.6) is 5.75 Å². The van der Waals surface area contributed by atoms with Gasteiger partial charge in [-0.1, -0.05) is 30.3 Å². The summed E-state index contributed by atoms with van der Waals surface area (Å²) in [7, 11) is 0. The molecule has 3 aromatic rings. The lowest BCUT2D eigenvalue weighted by Crippen LogP contribution is -2.12. The zero-order valence-corrected chi connectivity index (χ0v) is 13.5. The number of phenols is 1. The Labute approximate surface area is 140 Å². The van der Waals surface area contributed by atoms with Gasteiger partial charge in [0.15, 0.2) is 0 Å². The summed E-state index contributed by atoms with van der Waals surface area (Å²) >= 11 is 3.26.